The number of aryl methyl sites for hydroxylation is 1. The average molecular weight is 415 g/mol. The van der Waals surface area contributed by atoms with Gasteiger partial charge in [-0.2, -0.15) is 0 Å². The summed E-state index contributed by atoms with van der Waals surface area (Å²) < 4.78 is 2.21. The molecule has 5 heteroatoms. The molecule has 1 aliphatic heterocycles. The predicted molar refractivity (Wildman–Crippen MR) is 123 cm³/mol. The number of rotatable bonds is 3. The van der Waals surface area contributed by atoms with Gasteiger partial charge in [0.25, 0.3) is 5.91 Å². The highest BCUT2D eigenvalue weighted by Crippen LogP contribution is 2.30. The molecule has 2 N–H and O–H groups in total. The molecule has 31 heavy (non-hydrogen) atoms. The summed E-state index contributed by atoms with van der Waals surface area (Å²) >= 11 is 0. The largest absolute Gasteiger partial charge is 0.393 e. The van der Waals surface area contributed by atoms with Gasteiger partial charge in [0, 0.05) is 42.3 Å². The molecule has 1 aliphatic rings. The van der Waals surface area contributed by atoms with Gasteiger partial charge in [-0.05, 0) is 59.5 Å². The minimum atomic E-state index is -1.06. The normalized spacial score (nSPS) is 16.2. The van der Waals surface area contributed by atoms with Crippen LogP contribution in [0.4, 0.5) is 0 Å². The molecule has 0 saturated carbocycles. The van der Waals surface area contributed by atoms with Gasteiger partial charge in [-0.25, -0.2) is 0 Å². The first-order valence-corrected chi connectivity index (χ1v) is 10.7. The van der Waals surface area contributed by atoms with E-state index in [0.29, 0.717) is 31.5 Å². The van der Waals surface area contributed by atoms with Crippen LogP contribution in [0.25, 0.3) is 32.9 Å². The quantitative estimate of drug-likeness (QED) is 0.533. The molecule has 0 unspecified atom stereocenters. The molecular formula is C26H26N2O3. The number of benzene rings is 3. The van der Waals surface area contributed by atoms with E-state index < -0.39 is 5.60 Å². The summed E-state index contributed by atoms with van der Waals surface area (Å²) in [7, 11) is 2.08. The van der Waals surface area contributed by atoms with E-state index in [2.05, 4.69) is 60.1 Å². The van der Waals surface area contributed by atoms with Crippen molar-refractivity contribution in [2.45, 2.75) is 18.4 Å². The Kier molecular flexibility index (Phi) is 4.80. The highest BCUT2D eigenvalue weighted by atomic mass is 16.3. The van der Waals surface area contributed by atoms with E-state index >= 15 is 0 Å². The molecule has 0 atom stereocenters. The second-order valence-electron chi connectivity index (χ2n) is 8.60. The zero-order valence-electron chi connectivity index (χ0n) is 17.6. The first kappa shape index (κ1) is 19.8. The molecule has 5 nitrogen and oxygen atoms in total. The van der Waals surface area contributed by atoms with Crippen molar-refractivity contribution < 1.29 is 15.0 Å². The number of nitrogens with zero attached hydrogens (tertiary/aromatic N) is 2. The molecule has 0 radical (unpaired) electrons. The zero-order chi connectivity index (χ0) is 21.6. The van der Waals surface area contributed by atoms with Gasteiger partial charge >= 0.3 is 0 Å². The minimum Gasteiger partial charge on any atom is -0.393 e. The van der Waals surface area contributed by atoms with Gasteiger partial charge < -0.3 is 19.7 Å². The molecule has 0 aliphatic carbocycles. The van der Waals surface area contributed by atoms with Crippen molar-refractivity contribution in [1.82, 2.24) is 9.47 Å². The van der Waals surface area contributed by atoms with Crippen molar-refractivity contribution in [3.63, 3.8) is 0 Å². The molecule has 2 heterocycles. The van der Waals surface area contributed by atoms with Crippen molar-refractivity contribution in [3.8, 4) is 11.3 Å². The number of likely N-dealkylation sites (tertiary alicyclic amines) is 1. The maximum absolute atomic E-state index is 13.0. The summed E-state index contributed by atoms with van der Waals surface area (Å²) in [5.41, 5.74) is 3.10. The van der Waals surface area contributed by atoms with Gasteiger partial charge in [-0.1, -0.05) is 36.4 Å². The van der Waals surface area contributed by atoms with Gasteiger partial charge in [-0.15, -0.1) is 0 Å². The second kappa shape index (κ2) is 7.52. The number of aliphatic hydroxyl groups is 2. The maximum atomic E-state index is 13.0. The summed E-state index contributed by atoms with van der Waals surface area (Å²) in [5.74, 6) is -0.0281. The number of hydrogen-bond donors (Lipinski definition) is 2. The molecule has 1 saturated heterocycles. The number of aliphatic hydroxyl groups excluding tert-OH is 1. The fourth-order valence-corrected chi connectivity index (χ4v) is 4.57. The lowest BCUT2D eigenvalue weighted by molar-refractivity contribution is -0.0546. The van der Waals surface area contributed by atoms with Gasteiger partial charge in [0.1, 0.15) is 0 Å². The van der Waals surface area contributed by atoms with Crippen LogP contribution in [0.5, 0.6) is 0 Å². The zero-order valence-corrected chi connectivity index (χ0v) is 17.6. The van der Waals surface area contributed by atoms with Crippen LogP contribution >= 0.6 is 0 Å². The fourth-order valence-electron chi connectivity index (χ4n) is 4.57. The fraction of sp³-hybridized carbons (Fsp3) is 0.269. The first-order valence-electron chi connectivity index (χ1n) is 10.7. The van der Waals surface area contributed by atoms with E-state index in [9.17, 15) is 15.0 Å². The third-order valence-electron chi connectivity index (χ3n) is 6.61. The van der Waals surface area contributed by atoms with Crippen LogP contribution in [-0.2, 0) is 7.05 Å². The van der Waals surface area contributed by atoms with Crippen molar-refractivity contribution in [3.05, 3.63) is 72.3 Å². The number of fused-ring (bicyclic) bond motifs is 2. The second-order valence-corrected chi connectivity index (χ2v) is 8.60. The van der Waals surface area contributed by atoms with E-state index in [0.717, 1.165) is 22.0 Å². The predicted octanol–water partition coefficient (Wildman–Crippen LogP) is 3.96. The SMILES string of the molecule is Cn1c(-c2ccc3cc(C(=O)N4CCC(O)(CO)CC4)ccc3c2)cc2ccccc21. The summed E-state index contributed by atoms with van der Waals surface area (Å²) in [5, 5.41) is 22.8. The van der Waals surface area contributed by atoms with Crippen LogP contribution in [0, 0.1) is 0 Å². The lowest BCUT2D eigenvalue weighted by Gasteiger charge is -2.37. The third kappa shape index (κ3) is 3.50. The number of aromatic nitrogens is 1. The molecule has 5 rings (SSSR count). The third-order valence-corrected chi connectivity index (χ3v) is 6.61. The molecule has 0 bridgehead atoms. The summed E-state index contributed by atoms with van der Waals surface area (Å²) in [6.45, 7) is 0.645. The highest BCUT2D eigenvalue weighted by molar-refractivity contribution is 5.99. The van der Waals surface area contributed by atoms with E-state index in [4.69, 9.17) is 0 Å². The average Bonchev–Trinajstić information content (AvgIpc) is 3.15. The van der Waals surface area contributed by atoms with Gasteiger partial charge in [0.05, 0.1) is 12.2 Å². The van der Waals surface area contributed by atoms with Crippen LogP contribution in [0.3, 0.4) is 0 Å². The van der Waals surface area contributed by atoms with Crippen molar-refractivity contribution in [2.75, 3.05) is 19.7 Å². The first-order chi connectivity index (χ1) is 15.0. The van der Waals surface area contributed by atoms with E-state index in [1.807, 2.05) is 18.2 Å². The molecule has 158 valence electrons. The van der Waals surface area contributed by atoms with Gasteiger partial charge in [0.2, 0.25) is 0 Å². The lowest BCUT2D eigenvalue weighted by atomic mass is 9.92. The number of carbonyl (C=O) groups excluding carboxylic acids is 1. The Morgan fingerprint density at radius 1 is 0.935 bits per heavy atom. The van der Waals surface area contributed by atoms with Gasteiger partial charge in [0.15, 0.2) is 0 Å². The molecule has 1 fully saturated rings. The van der Waals surface area contributed by atoms with Crippen LogP contribution in [-0.4, -0.2) is 50.9 Å². The number of hydrogen-bond acceptors (Lipinski definition) is 3. The topological polar surface area (TPSA) is 65.7 Å². The molecule has 1 amide bonds. The number of para-hydroxylation sites is 1. The Hall–Kier alpha value is -3.15. The molecule has 4 aromatic rings. The number of piperidine rings is 1. The van der Waals surface area contributed by atoms with Crippen molar-refractivity contribution in [1.29, 1.82) is 0 Å². The minimum absolute atomic E-state index is 0.0281. The van der Waals surface area contributed by atoms with Crippen LogP contribution in [0.1, 0.15) is 23.2 Å². The number of carbonyl (C=O) groups is 1. The highest BCUT2D eigenvalue weighted by Gasteiger charge is 2.33. The summed E-state index contributed by atoms with van der Waals surface area (Å²) in [6, 6.07) is 22.7. The van der Waals surface area contributed by atoms with Crippen molar-refractivity contribution >= 4 is 27.6 Å². The molecule has 1 aromatic heterocycles. The smallest absolute Gasteiger partial charge is 0.253 e. The summed E-state index contributed by atoms with van der Waals surface area (Å²) in [6.07, 6.45) is 0.800. The van der Waals surface area contributed by atoms with E-state index in [-0.39, 0.29) is 12.5 Å². The van der Waals surface area contributed by atoms with Crippen molar-refractivity contribution in [2.24, 2.45) is 7.05 Å². The number of amides is 1. The Balaban J connectivity index is 1.42. The Morgan fingerprint density at radius 2 is 1.65 bits per heavy atom. The Bertz CT molecular complexity index is 1280. The van der Waals surface area contributed by atoms with E-state index in [1.165, 1.54) is 10.9 Å². The van der Waals surface area contributed by atoms with Crippen LogP contribution in [0.15, 0.2) is 66.7 Å². The Labute approximate surface area is 181 Å². The maximum Gasteiger partial charge on any atom is 0.253 e. The standard InChI is InChI=1S/C26H26N2O3/c1-27-23-5-3-2-4-20(23)16-24(27)21-8-6-19-15-22(9-7-18(19)14-21)25(30)28-12-10-26(31,17-29)11-13-28/h2-9,14-16,29,31H,10-13,17H2,1H3. The van der Waals surface area contributed by atoms with Gasteiger partial charge in [-0.3, -0.25) is 4.79 Å². The molecular weight excluding hydrogens is 388 g/mol. The summed E-state index contributed by atoms with van der Waals surface area (Å²) in [4.78, 5) is 14.7. The molecule has 0 spiro atoms. The lowest BCUT2D eigenvalue weighted by Crippen LogP contribution is -2.48. The van der Waals surface area contributed by atoms with Crippen LogP contribution < -0.4 is 0 Å². The molecule has 3 aromatic carbocycles. The van der Waals surface area contributed by atoms with Crippen LogP contribution in [0.2, 0.25) is 0 Å². The Morgan fingerprint density at radius 3 is 2.39 bits per heavy atom. The monoisotopic (exact) mass is 414 g/mol. The van der Waals surface area contributed by atoms with E-state index in [1.54, 1.807) is 4.90 Å².